The molecule has 3 amide bonds. The molecule has 0 atom stereocenters. The third kappa shape index (κ3) is 6.79. The Balaban J connectivity index is 2.46. The molecule has 0 radical (unpaired) electrons. The number of urea groups is 1. The zero-order valence-corrected chi connectivity index (χ0v) is 12.9. The molecule has 5 nitrogen and oxygen atoms in total. The van der Waals surface area contributed by atoms with Crippen LogP contribution in [0, 0.1) is 0 Å². The summed E-state index contributed by atoms with van der Waals surface area (Å²) in [7, 11) is 1.60. The lowest BCUT2D eigenvalue weighted by Gasteiger charge is -2.11. The second kappa shape index (κ2) is 9.80. The molecule has 0 bridgehead atoms. The highest BCUT2D eigenvalue weighted by Gasteiger charge is 2.08. The second-order valence-electron chi connectivity index (χ2n) is 4.95. The number of anilines is 1. The molecule has 5 heteroatoms. The van der Waals surface area contributed by atoms with E-state index in [2.05, 4.69) is 22.9 Å². The first-order chi connectivity index (χ1) is 10.2. The van der Waals surface area contributed by atoms with Gasteiger partial charge in [0, 0.05) is 19.3 Å². The van der Waals surface area contributed by atoms with Crippen LogP contribution in [0.3, 0.4) is 0 Å². The number of carbonyl (C=O) groups is 2. The van der Waals surface area contributed by atoms with Crippen LogP contribution in [-0.2, 0) is 11.2 Å². The summed E-state index contributed by atoms with van der Waals surface area (Å²) < 4.78 is 0. The Morgan fingerprint density at radius 2 is 1.86 bits per heavy atom. The van der Waals surface area contributed by atoms with E-state index in [0.29, 0.717) is 12.2 Å². The van der Waals surface area contributed by atoms with Crippen molar-refractivity contribution in [1.29, 1.82) is 0 Å². The topological polar surface area (TPSA) is 70.2 Å². The van der Waals surface area contributed by atoms with Crippen molar-refractivity contribution in [2.45, 2.75) is 39.0 Å². The first-order valence-electron chi connectivity index (χ1n) is 7.50. The smallest absolute Gasteiger partial charge is 0.319 e. The lowest BCUT2D eigenvalue weighted by atomic mass is 10.1. The van der Waals surface area contributed by atoms with Gasteiger partial charge >= 0.3 is 6.03 Å². The first kappa shape index (κ1) is 17.0. The highest BCUT2D eigenvalue weighted by molar-refractivity contribution is 5.91. The van der Waals surface area contributed by atoms with Crippen LogP contribution in [0.15, 0.2) is 24.3 Å². The van der Waals surface area contributed by atoms with Gasteiger partial charge in [0.15, 0.2) is 0 Å². The predicted octanol–water partition coefficient (Wildman–Crippen LogP) is 2.68. The van der Waals surface area contributed by atoms with Gasteiger partial charge in [0.25, 0.3) is 0 Å². The Hall–Kier alpha value is -2.04. The summed E-state index contributed by atoms with van der Waals surface area (Å²) in [5.74, 6) is -0.0794. The molecule has 116 valence electrons. The first-order valence-corrected chi connectivity index (χ1v) is 7.50. The van der Waals surface area contributed by atoms with Gasteiger partial charge in [-0.15, -0.1) is 0 Å². The van der Waals surface area contributed by atoms with Crippen LogP contribution < -0.4 is 16.0 Å². The highest BCUT2D eigenvalue weighted by atomic mass is 16.2. The molecule has 0 aromatic heterocycles. The number of amides is 3. The van der Waals surface area contributed by atoms with Crippen LogP contribution in [0.2, 0.25) is 0 Å². The number of unbranched alkanes of at least 4 members (excludes halogenated alkanes) is 3. The molecule has 21 heavy (non-hydrogen) atoms. The van der Waals surface area contributed by atoms with E-state index in [-0.39, 0.29) is 18.4 Å². The fourth-order valence-electron chi connectivity index (χ4n) is 1.98. The van der Waals surface area contributed by atoms with Crippen molar-refractivity contribution >= 4 is 17.6 Å². The van der Waals surface area contributed by atoms with Crippen molar-refractivity contribution in [3.05, 3.63) is 29.8 Å². The van der Waals surface area contributed by atoms with E-state index in [1.165, 1.54) is 12.8 Å². The van der Waals surface area contributed by atoms with E-state index < -0.39 is 0 Å². The van der Waals surface area contributed by atoms with Crippen molar-refractivity contribution in [2.75, 3.05) is 18.9 Å². The number of benzene rings is 1. The van der Waals surface area contributed by atoms with Gasteiger partial charge < -0.3 is 16.0 Å². The summed E-state index contributed by atoms with van der Waals surface area (Å²) in [6.45, 7) is 2.83. The number of rotatable bonds is 8. The van der Waals surface area contributed by atoms with E-state index in [9.17, 15) is 9.59 Å². The van der Waals surface area contributed by atoms with E-state index in [0.717, 1.165) is 18.4 Å². The molecule has 0 saturated heterocycles. The Kier molecular flexibility index (Phi) is 7.94. The second-order valence-corrected chi connectivity index (χ2v) is 4.95. The minimum atomic E-state index is -0.226. The fraction of sp³-hybridized carbons (Fsp3) is 0.500. The molecule has 0 unspecified atom stereocenters. The maximum absolute atomic E-state index is 11.8. The molecule has 0 aliphatic carbocycles. The number of carbonyl (C=O) groups excluding carboxylic acids is 2. The standard InChI is InChI=1S/C16H25N3O2/c1-3-4-5-8-11-18-16(21)19-14-10-7-6-9-13(14)12-15(20)17-2/h6-7,9-10H,3-5,8,11-12H2,1-2H3,(H,17,20)(H2,18,19,21). The summed E-state index contributed by atoms with van der Waals surface area (Å²) in [6.07, 6.45) is 4.74. The molecule has 0 aliphatic heterocycles. The summed E-state index contributed by atoms with van der Waals surface area (Å²) in [5.41, 5.74) is 1.48. The van der Waals surface area contributed by atoms with Crippen molar-refractivity contribution in [3.8, 4) is 0 Å². The van der Waals surface area contributed by atoms with E-state index in [4.69, 9.17) is 0 Å². The molecule has 0 aliphatic rings. The summed E-state index contributed by atoms with van der Waals surface area (Å²) >= 11 is 0. The predicted molar refractivity (Wildman–Crippen MR) is 85.4 cm³/mol. The van der Waals surface area contributed by atoms with Gasteiger partial charge in [-0.25, -0.2) is 4.79 Å². The maximum Gasteiger partial charge on any atom is 0.319 e. The minimum Gasteiger partial charge on any atom is -0.359 e. The highest BCUT2D eigenvalue weighted by Crippen LogP contribution is 2.15. The minimum absolute atomic E-state index is 0.0794. The van der Waals surface area contributed by atoms with E-state index in [1.54, 1.807) is 13.1 Å². The molecule has 1 aromatic carbocycles. The van der Waals surface area contributed by atoms with Crippen LogP contribution in [0.1, 0.15) is 38.2 Å². The number of para-hydroxylation sites is 1. The van der Waals surface area contributed by atoms with Crippen LogP contribution in [0.5, 0.6) is 0 Å². The zero-order valence-electron chi connectivity index (χ0n) is 12.9. The van der Waals surface area contributed by atoms with Crippen LogP contribution in [-0.4, -0.2) is 25.5 Å². The molecule has 1 aromatic rings. The normalized spacial score (nSPS) is 10.0. The van der Waals surface area contributed by atoms with Crippen LogP contribution in [0.4, 0.5) is 10.5 Å². The molecule has 0 spiro atoms. The van der Waals surface area contributed by atoms with Gasteiger partial charge in [-0.3, -0.25) is 4.79 Å². The van der Waals surface area contributed by atoms with Crippen molar-refractivity contribution in [2.24, 2.45) is 0 Å². The Morgan fingerprint density at radius 1 is 1.10 bits per heavy atom. The zero-order chi connectivity index (χ0) is 15.5. The molecule has 0 heterocycles. The molecule has 0 fully saturated rings. The lowest BCUT2D eigenvalue weighted by Crippen LogP contribution is -2.30. The third-order valence-corrected chi connectivity index (χ3v) is 3.21. The Morgan fingerprint density at radius 3 is 2.57 bits per heavy atom. The van der Waals surface area contributed by atoms with Crippen molar-refractivity contribution in [3.63, 3.8) is 0 Å². The summed E-state index contributed by atoms with van der Waals surface area (Å²) in [4.78, 5) is 23.3. The monoisotopic (exact) mass is 291 g/mol. The van der Waals surface area contributed by atoms with Crippen LogP contribution in [0.25, 0.3) is 0 Å². The van der Waals surface area contributed by atoms with Crippen LogP contribution >= 0.6 is 0 Å². The molecular formula is C16H25N3O2. The van der Waals surface area contributed by atoms with Gasteiger partial charge in [0.05, 0.1) is 6.42 Å². The molecular weight excluding hydrogens is 266 g/mol. The van der Waals surface area contributed by atoms with Crippen molar-refractivity contribution < 1.29 is 9.59 Å². The number of nitrogens with one attached hydrogen (secondary N) is 3. The average molecular weight is 291 g/mol. The number of likely N-dealkylation sites (N-methyl/N-ethyl adjacent to an activating group) is 1. The van der Waals surface area contributed by atoms with Gasteiger partial charge in [-0.05, 0) is 18.1 Å². The van der Waals surface area contributed by atoms with E-state index in [1.807, 2.05) is 18.2 Å². The van der Waals surface area contributed by atoms with Gasteiger partial charge in [-0.1, -0.05) is 44.4 Å². The summed E-state index contributed by atoms with van der Waals surface area (Å²) in [5, 5.41) is 8.22. The average Bonchev–Trinajstić information content (AvgIpc) is 2.49. The largest absolute Gasteiger partial charge is 0.359 e. The lowest BCUT2D eigenvalue weighted by molar-refractivity contribution is -0.119. The summed E-state index contributed by atoms with van der Waals surface area (Å²) in [6, 6.07) is 7.10. The Labute approximate surface area is 126 Å². The van der Waals surface area contributed by atoms with Gasteiger partial charge in [0.1, 0.15) is 0 Å². The van der Waals surface area contributed by atoms with E-state index >= 15 is 0 Å². The number of hydrogen-bond donors (Lipinski definition) is 3. The molecule has 3 N–H and O–H groups in total. The maximum atomic E-state index is 11.8. The third-order valence-electron chi connectivity index (χ3n) is 3.21. The fourth-order valence-corrected chi connectivity index (χ4v) is 1.98. The Bertz CT molecular complexity index is 461. The quantitative estimate of drug-likeness (QED) is 0.644. The number of hydrogen-bond acceptors (Lipinski definition) is 2. The SMILES string of the molecule is CCCCCCNC(=O)Nc1ccccc1CC(=O)NC. The van der Waals surface area contributed by atoms with Gasteiger partial charge in [-0.2, -0.15) is 0 Å². The van der Waals surface area contributed by atoms with Crippen molar-refractivity contribution in [1.82, 2.24) is 10.6 Å². The van der Waals surface area contributed by atoms with Gasteiger partial charge in [0.2, 0.25) is 5.91 Å². The molecule has 0 saturated carbocycles. The molecule has 1 rings (SSSR count).